The van der Waals surface area contributed by atoms with Gasteiger partial charge in [-0.1, -0.05) is 0 Å². The maximum atomic E-state index is 13.0. The van der Waals surface area contributed by atoms with E-state index in [-0.39, 0.29) is 16.8 Å². The van der Waals surface area contributed by atoms with Crippen LogP contribution in [0, 0.1) is 11.3 Å². The van der Waals surface area contributed by atoms with Crippen molar-refractivity contribution in [1.29, 1.82) is 5.26 Å². The summed E-state index contributed by atoms with van der Waals surface area (Å²) in [5, 5.41) is 13.3. The van der Waals surface area contributed by atoms with Crippen molar-refractivity contribution in [2.24, 2.45) is 14.1 Å². The monoisotopic (exact) mass is 414 g/mol. The van der Waals surface area contributed by atoms with Crippen LogP contribution in [0.1, 0.15) is 18.4 Å². The van der Waals surface area contributed by atoms with Crippen LogP contribution in [0.5, 0.6) is 0 Å². The molecule has 4 rings (SSSR count). The van der Waals surface area contributed by atoms with Gasteiger partial charge in [0, 0.05) is 25.9 Å². The molecular weight excluding hydrogens is 396 g/mol. The molecule has 0 radical (unpaired) electrons. The van der Waals surface area contributed by atoms with E-state index in [1.54, 1.807) is 24.1 Å². The molecule has 2 heterocycles. The van der Waals surface area contributed by atoms with Crippen LogP contribution >= 0.6 is 0 Å². The summed E-state index contributed by atoms with van der Waals surface area (Å²) in [6, 6.07) is 5.96. The maximum absolute atomic E-state index is 13.0. The quantitative estimate of drug-likeness (QED) is 0.616. The molecule has 0 bridgehead atoms. The Morgan fingerprint density at radius 2 is 2.00 bits per heavy atom. The Bertz CT molecular complexity index is 1400. The van der Waals surface area contributed by atoms with Gasteiger partial charge < -0.3 is 0 Å². The normalized spacial score (nSPS) is 15.3. The largest absolute Gasteiger partial charge is 0.331 e. The van der Waals surface area contributed by atoms with Crippen molar-refractivity contribution in [3.8, 4) is 6.07 Å². The third-order valence-corrected chi connectivity index (χ3v) is 6.56. The van der Waals surface area contributed by atoms with Gasteiger partial charge in [0.2, 0.25) is 10.0 Å². The van der Waals surface area contributed by atoms with Crippen LogP contribution in [0.3, 0.4) is 0 Å². The summed E-state index contributed by atoms with van der Waals surface area (Å²) in [4.78, 5) is 25.5. The van der Waals surface area contributed by atoms with Gasteiger partial charge in [-0.15, -0.1) is 0 Å². The highest BCUT2D eigenvalue weighted by molar-refractivity contribution is 7.89. The van der Waals surface area contributed by atoms with Crippen molar-refractivity contribution >= 4 is 20.9 Å². The van der Waals surface area contributed by atoms with E-state index in [0.29, 0.717) is 23.9 Å². The van der Waals surface area contributed by atoms with Crippen LogP contribution in [0.4, 0.5) is 0 Å². The lowest BCUT2D eigenvalue weighted by atomic mass is 10.2. The molecule has 3 aromatic rings. The number of aryl methyl sites for hydroxylation is 2. The average Bonchev–Trinajstić information content (AvgIpc) is 3.33. The summed E-state index contributed by atoms with van der Waals surface area (Å²) < 4.78 is 31.7. The fraction of sp³-hybridized carbons (Fsp3) is 0.333. The number of nitriles is 1. The van der Waals surface area contributed by atoms with Gasteiger partial charge in [0.25, 0.3) is 5.56 Å². The summed E-state index contributed by atoms with van der Waals surface area (Å²) in [7, 11) is -0.745. The molecule has 1 aliphatic rings. The van der Waals surface area contributed by atoms with Crippen molar-refractivity contribution in [3.05, 3.63) is 57.0 Å². The van der Waals surface area contributed by atoms with Crippen molar-refractivity contribution < 1.29 is 8.42 Å². The topological polar surface area (TPSA) is 132 Å². The first kappa shape index (κ1) is 19.1. The van der Waals surface area contributed by atoms with Crippen molar-refractivity contribution in [3.63, 3.8) is 0 Å². The van der Waals surface area contributed by atoms with Crippen LogP contribution in [0.25, 0.3) is 10.9 Å². The van der Waals surface area contributed by atoms with Crippen molar-refractivity contribution in [1.82, 2.24) is 23.6 Å². The molecule has 1 aromatic carbocycles. The Kier molecular flexibility index (Phi) is 4.21. The predicted octanol–water partition coefficient (Wildman–Crippen LogP) is -0.184. The zero-order valence-corrected chi connectivity index (χ0v) is 16.6. The summed E-state index contributed by atoms with van der Waals surface area (Å²) in [5.41, 5.74) is -1.19. The molecule has 0 unspecified atom stereocenters. The number of fused-ring (bicyclic) bond motifs is 1. The van der Waals surface area contributed by atoms with E-state index in [1.165, 1.54) is 29.8 Å². The van der Waals surface area contributed by atoms with Gasteiger partial charge in [-0.3, -0.25) is 18.6 Å². The highest BCUT2D eigenvalue weighted by Crippen LogP contribution is 2.36. The van der Waals surface area contributed by atoms with E-state index in [9.17, 15) is 18.0 Å². The van der Waals surface area contributed by atoms with Gasteiger partial charge in [-0.25, -0.2) is 13.2 Å². The lowest BCUT2D eigenvalue weighted by molar-refractivity contribution is 0.571. The SMILES string of the molecule is Cn1cc(Cn2c(=O)c3cc(S(=O)(=O)NC4(C#N)CC4)ccc3n(C)c2=O)cn1. The fourth-order valence-corrected chi connectivity index (χ4v) is 4.62. The van der Waals surface area contributed by atoms with Crippen LogP contribution in [0.15, 0.2) is 45.1 Å². The third-order valence-electron chi connectivity index (χ3n) is 5.03. The molecule has 0 atom stereocenters. The molecule has 29 heavy (non-hydrogen) atoms. The zero-order chi connectivity index (χ0) is 21.0. The van der Waals surface area contributed by atoms with Gasteiger partial charge in [0.1, 0.15) is 5.54 Å². The minimum absolute atomic E-state index is 0.0159. The Morgan fingerprint density at radius 1 is 1.28 bits per heavy atom. The maximum Gasteiger partial charge on any atom is 0.331 e. The van der Waals surface area contributed by atoms with Crippen molar-refractivity contribution in [2.75, 3.05) is 0 Å². The third kappa shape index (κ3) is 3.26. The number of nitrogens with one attached hydrogen (secondary N) is 1. The highest BCUT2D eigenvalue weighted by Gasteiger charge is 2.46. The number of aromatic nitrogens is 4. The molecule has 150 valence electrons. The molecule has 0 saturated heterocycles. The van der Waals surface area contributed by atoms with Gasteiger partial charge in [0.15, 0.2) is 0 Å². The van der Waals surface area contributed by atoms with Gasteiger partial charge in [-0.2, -0.15) is 15.1 Å². The van der Waals surface area contributed by atoms with Gasteiger partial charge in [0.05, 0.1) is 34.6 Å². The van der Waals surface area contributed by atoms with Crippen LogP contribution in [-0.4, -0.2) is 32.9 Å². The summed E-state index contributed by atoms with van der Waals surface area (Å²) in [6.07, 6.45) is 4.14. The van der Waals surface area contributed by atoms with Gasteiger partial charge >= 0.3 is 5.69 Å². The number of benzene rings is 1. The first-order valence-electron chi connectivity index (χ1n) is 8.82. The molecule has 10 nitrogen and oxygen atoms in total. The second-order valence-electron chi connectivity index (χ2n) is 7.23. The Hall–Kier alpha value is -3.23. The first-order valence-corrected chi connectivity index (χ1v) is 10.3. The molecule has 0 amide bonds. The van der Waals surface area contributed by atoms with Crippen LogP contribution < -0.4 is 16.0 Å². The van der Waals surface area contributed by atoms with E-state index in [1.807, 2.05) is 6.07 Å². The minimum atomic E-state index is -3.99. The van der Waals surface area contributed by atoms with Crippen LogP contribution in [-0.2, 0) is 30.7 Å². The molecule has 1 saturated carbocycles. The molecule has 11 heteroatoms. The van der Waals surface area contributed by atoms with Crippen LogP contribution in [0.2, 0.25) is 0 Å². The first-order chi connectivity index (χ1) is 13.7. The molecule has 1 fully saturated rings. The predicted molar refractivity (Wildman–Crippen MR) is 104 cm³/mol. The Balaban J connectivity index is 1.85. The number of sulfonamides is 1. The standard InChI is InChI=1S/C18H18N6O4S/c1-22-9-12(8-20-22)10-24-16(25)14-7-13(3-4-15(14)23(2)17(24)26)29(27,28)21-18(11-19)5-6-18/h3-4,7-9,21H,5-6,10H2,1-2H3. The highest BCUT2D eigenvalue weighted by atomic mass is 32.2. The zero-order valence-electron chi connectivity index (χ0n) is 15.8. The smallest absolute Gasteiger partial charge is 0.296 e. The lowest BCUT2D eigenvalue weighted by Crippen LogP contribution is -2.39. The molecule has 0 spiro atoms. The summed E-state index contributed by atoms with van der Waals surface area (Å²) in [5.74, 6) is 0. The van der Waals surface area contributed by atoms with E-state index < -0.39 is 26.8 Å². The van der Waals surface area contributed by atoms with Crippen molar-refractivity contribution in [2.45, 2.75) is 29.8 Å². The van der Waals surface area contributed by atoms with Gasteiger partial charge in [-0.05, 0) is 31.0 Å². The molecule has 1 aliphatic carbocycles. The van der Waals surface area contributed by atoms with E-state index >= 15 is 0 Å². The minimum Gasteiger partial charge on any atom is -0.296 e. The van der Waals surface area contributed by atoms with E-state index in [0.717, 1.165) is 4.57 Å². The molecule has 0 aliphatic heterocycles. The number of rotatable bonds is 5. The Labute approximate surface area is 165 Å². The molecule has 1 N–H and O–H groups in total. The molecule has 2 aromatic heterocycles. The number of hydrogen-bond donors (Lipinski definition) is 1. The summed E-state index contributed by atoms with van der Waals surface area (Å²) >= 11 is 0. The van der Waals surface area contributed by atoms with E-state index in [2.05, 4.69) is 9.82 Å². The average molecular weight is 414 g/mol. The number of hydrogen-bond acceptors (Lipinski definition) is 6. The number of nitrogens with zero attached hydrogens (tertiary/aromatic N) is 5. The Morgan fingerprint density at radius 3 is 2.59 bits per heavy atom. The molecular formula is C18H18N6O4S. The van der Waals surface area contributed by atoms with E-state index in [4.69, 9.17) is 5.26 Å². The second kappa shape index (κ2) is 6.40. The second-order valence-corrected chi connectivity index (χ2v) is 8.92. The lowest BCUT2D eigenvalue weighted by Gasteiger charge is -2.13. The summed E-state index contributed by atoms with van der Waals surface area (Å²) in [6.45, 7) is 0.0159. The fourth-order valence-electron chi connectivity index (χ4n) is 3.22.